The Kier molecular flexibility index (Phi) is 3.83. The highest BCUT2D eigenvalue weighted by Crippen LogP contribution is 2.32. The van der Waals surface area contributed by atoms with E-state index in [0.717, 1.165) is 57.9 Å². The molecule has 0 aliphatic carbocycles. The van der Waals surface area contributed by atoms with E-state index in [4.69, 9.17) is 9.97 Å². The summed E-state index contributed by atoms with van der Waals surface area (Å²) in [5.74, 6) is 0.733. The largest absolute Gasteiger partial charge is 0.370 e. The van der Waals surface area contributed by atoms with Crippen LogP contribution >= 0.6 is 0 Å². The number of benzene rings is 1. The van der Waals surface area contributed by atoms with Gasteiger partial charge < -0.3 is 9.88 Å². The van der Waals surface area contributed by atoms with E-state index in [1.165, 1.54) is 24.9 Å². The summed E-state index contributed by atoms with van der Waals surface area (Å²) in [6.07, 6.45) is 7.56. The van der Waals surface area contributed by atoms with E-state index in [1.807, 2.05) is 31.6 Å². The Balaban J connectivity index is 1.47. The lowest BCUT2D eigenvalue weighted by Crippen LogP contribution is -2.29. The summed E-state index contributed by atoms with van der Waals surface area (Å²) in [7, 11) is 1.90. The minimum Gasteiger partial charge on any atom is -0.370 e. The number of hydrogen-bond donors (Lipinski definition) is 2. The summed E-state index contributed by atoms with van der Waals surface area (Å²) < 4.78 is 1.78. The van der Waals surface area contributed by atoms with Gasteiger partial charge in [0.2, 0.25) is 0 Å². The molecule has 0 amide bonds. The second-order valence-corrected chi connectivity index (χ2v) is 7.87. The van der Waals surface area contributed by atoms with Gasteiger partial charge >= 0.3 is 0 Å². The minimum atomic E-state index is 0.733. The number of para-hydroxylation sites is 1. The highest BCUT2D eigenvalue weighted by atomic mass is 15.2. The van der Waals surface area contributed by atoms with Crippen molar-refractivity contribution < 1.29 is 0 Å². The maximum Gasteiger partial charge on any atom is 0.161 e. The van der Waals surface area contributed by atoms with Crippen molar-refractivity contribution in [1.29, 1.82) is 0 Å². The normalized spacial score (nSPS) is 14.8. The molecule has 1 saturated heterocycles. The second-order valence-electron chi connectivity index (χ2n) is 7.87. The molecule has 4 aromatic heterocycles. The lowest BCUT2D eigenvalue weighted by atomic mass is 10.1. The zero-order valence-electron chi connectivity index (χ0n) is 16.8. The van der Waals surface area contributed by atoms with E-state index in [-0.39, 0.29) is 0 Å². The van der Waals surface area contributed by atoms with Gasteiger partial charge in [-0.2, -0.15) is 10.2 Å². The first kappa shape index (κ1) is 17.2. The van der Waals surface area contributed by atoms with E-state index < -0.39 is 0 Å². The minimum absolute atomic E-state index is 0.733. The Bertz CT molecular complexity index is 1350. The molecule has 2 N–H and O–H groups in total. The molecular formula is C22H22N8. The molecule has 1 aromatic carbocycles. The van der Waals surface area contributed by atoms with Crippen LogP contribution in [-0.4, -0.2) is 48.0 Å². The summed E-state index contributed by atoms with van der Waals surface area (Å²) >= 11 is 0. The monoisotopic (exact) mass is 398 g/mol. The Hall–Kier alpha value is -3.68. The number of pyridine rings is 1. The Morgan fingerprint density at radius 1 is 0.933 bits per heavy atom. The van der Waals surface area contributed by atoms with Gasteiger partial charge in [-0.25, -0.2) is 9.97 Å². The molecule has 5 heterocycles. The number of H-pyrrole nitrogens is 2. The summed E-state index contributed by atoms with van der Waals surface area (Å²) in [5, 5.41) is 11.9. The average molecular weight is 398 g/mol. The molecule has 8 nitrogen and oxygen atoms in total. The smallest absolute Gasteiger partial charge is 0.161 e. The van der Waals surface area contributed by atoms with E-state index in [0.29, 0.717) is 0 Å². The van der Waals surface area contributed by atoms with Crippen LogP contribution in [0.4, 0.5) is 5.69 Å². The molecule has 0 spiro atoms. The van der Waals surface area contributed by atoms with E-state index in [9.17, 15) is 0 Å². The Morgan fingerprint density at radius 3 is 2.67 bits per heavy atom. The first-order valence-electron chi connectivity index (χ1n) is 10.3. The van der Waals surface area contributed by atoms with E-state index in [1.54, 1.807) is 4.68 Å². The van der Waals surface area contributed by atoms with Crippen molar-refractivity contribution in [1.82, 2.24) is 34.9 Å². The predicted octanol–water partition coefficient (Wildman–Crippen LogP) is 3.89. The van der Waals surface area contributed by atoms with Crippen molar-refractivity contribution in [2.24, 2.45) is 7.05 Å². The highest BCUT2D eigenvalue weighted by Gasteiger charge is 2.19. The van der Waals surface area contributed by atoms with Gasteiger partial charge in [0.25, 0.3) is 0 Å². The summed E-state index contributed by atoms with van der Waals surface area (Å²) in [6, 6.07) is 10.3. The molecule has 0 bridgehead atoms. The van der Waals surface area contributed by atoms with Gasteiger partial charge in [0.05, 0.1) is 28.6 Å². The molecule has 6 rings (SSSR count). The van der Waals surface area contributed by atoms with Gasteiger partial charge in [0, 0.05) is 31.9 Å². The van der Waals surface area contributed by atoms with E-state index in [2.05, 4.69) is 43.4 Å². The molecular weight excluding hydrogens is 376 g/mol. The summed E-state index contributed by atoms with van der Waals surface area (Å²) in [6.45, 7) is 2.17. The molecule has 0 atom stereocenters. The van der Waals surface area contributed by atoms with Crippen LogP contribution in [0.15, 0.2) is 42.7 Å². The van der Waals surface area contributed by atoms with Crippen LogP contribution in [-0.2, 0) is 7.05 Å². The van der Waals surface area contributed by atoms with Crippen LogP contribution in [0.2, 0.25) is 0 Å². The second kappa shape index (κ2) is 6.69. The number of nitrogens with one attached hydrogen (secondary N) is 2. The number of aryl methyl sites for hydroxylation is 1. The third kappa shape index (κ3) is 2.75. The predicted molar refractivity (Wildman–Crippen MR) is 117 cm³/mol. The van der Waals surface area contributed by atoms with Crippen LogP contribution in [0, 0.1) is 0 Å². The zero-order chi connectivity index (χ0) is 20.1. The molecule has 0 radical (unpaired) electrons. The molecule has 30 heavy (non-hydrogen) atoms. The zero-order valence-corrected chi connectivity index (χ0v) is 16.8. The average Bonchev–Trinajstić information content (AvgIpc) is 3.50. The van der Waals surface area contributed by atoms with Gasteiger partial charge in [-0.1, -0.05) is 6.07 Å². The van der Waals surface area contributed by atoms with Crippen molar-refractivity contribution in [2.45, 2.75) is 19.3 Å². The third-order valence-corrected chi connectivity index (χ3v) is 5.82. The third-order valence-electron chi connectivity index (χ3n) is 5.82. The fourth-order valence-corrected chi connectivity index (χ4v) is 4.30. The lowest BCUT2D eigenvalue weighted by Gasteiger charge is -2.28. The topological polar surface area (TPSA) is 91.3 Å². The SMILES string of the molecule is Cn1cc(-c2ccc3[nH]nc(-c4nc5c(N6CCCCC6)cccc5[nH]4)c3n2)cn1. The number of nitrogens with zero attached hydrogens (tertiary/aromatic N) is 6. The maximum absolute atomic E-state index is 4.95. The van der Waals surface area contributed by atoms with Gasteiger partial charge in [-0.05, 0) is 43.5 Å². The first-order chi connectivity index (χ1) is 14.8. The van der Waals surface area contributed by atoms with Gasteiger partial charge in [0.1, 0.15) is 11.0 Å². The van der Waals surface area contributed by atoms with Crippen molar-refractivity contribution in [2.75, 3.05) is 18.0 Å². The fourth-order valence-electron chi connectivity index (χ4n) is 4.30. The summed E-state index contributed by atoms with van der Waals surface area (Å²) in [5.41, 5.74) is 7.47. The van der Waals surface area contributed by atoms with Crippen LogP contribution in [0.1, 0.15) is 19.3 Å². The van der Waals surface area contributed by atoms with Crippen LogP contribution < -0.4 is 4.90 Å². The molecule has 1 aliphatic rings. The Morgan fingerprint density at radius 2 is 1.83 bits per heavy atom. The van der Waals surface area contributed by atoms with Crippen LogP contribution in [0.5, 0.6) is 0 Å². The number of imidazole rings is 1. The number of hydrogen-bond acceptors (Lipinski definition) is 5. The number of aromatic amines is 2. The molecule has 0 unspecified atom stereocenters. The van der Waals surface area contributed by atoms with Gasteiger partial charge in [-0.15, -0.1) is 0 Å². The molecule has 5 aromatic rings. The summed E-state index contributed by atoms with van der Waals surface area (Å²) in [4.78, 5) is 15.7. The van der Waals surface area contributed by atoms with Crippen molar-refractivity contribution in [3.05, 3.63) is 42.7 Å². The molecule has 150 valence electrons. The van der Waals surface area contributed by atoms with Crippen LogP contribution in [0.25, 0.3) is 44.8 Å². The maximum atomic E-state index is 4.95. The van der Waals surface area contributed by atoms with Crippen molar-refractivity contribution in [3.63, 3.8) is 0 Å². The van der Waals surface area contributed by atoms with E-state index >= 15 is 0 Å². The standard InChI is InChI=1S/C22H22N8/c1-29-13-14(12-23-29)15-8-9-17-20(24-15)21(28-27-17)22-25-16-6-5-7-18(19(16)26-22)30-10-3-2-4-11-30/h5-9,12-13H,2-4,10-11H2,1H3,(H,25,26)(H,27,28). The molecule has 1 aliphatic heterocycles. The number of rotatable bonds is 3. The van der Waals surface area contributed by atoms with Crippen molar-refractivity contribution in [3.8, 4) is 22.8 Å². The number of anilines is 1. The van der Waals surface area contributed by atoms with Crippen LogP contribution in [0.3, 0.4) is 0 Å². The van der Waals surface area contributed by atoms with Gasteiger partial charge in [0.15, 0.2) is 11.5 Å². The number of aromatic nitrogens is 7. The molecule has 0 saturated carbocycles. The molecule has 8 heteroatoms. The quantitative estimate of drug-likeness (QED) is 0.481. The Labute approximate surface area is 173 Å². The first-order valence-corrected chi connectivity index (χ1v) is 10.3. The highest BCUT2D eigenvalue weighted by molar-refractivity contribution is 5.95. The number of piperidine rings is 1. The fraction of sp³-hybridized carbons (Fsp3) is 0.273. The number of fused-ring (bicyclic) bond motifs is 2. The lowest BCUT2D eigenvalue weighted by molar-refractivity contribution is 0.579. The molecule has 1 fully saturated rings. The van der Waals surface area contributed by atoms with Gasteiger partial charge in [-0.3, -0.25) is 9.78 Å². The van der Waals surface area contributed by atoms with Crippen molar-refractivity contribution >= 4 is 27.8 Å².